The molecule has 1 atom stereocenters. The van der Waals surface area contributed by atoms with Crippen molar-refractivity contribution >= 4 is 5.84 Å². The molecule has 1 rings (SSSR count). The lowest BCUT2D eigenvalue weighted by atomic mass is 10.1. The fraction of sp³-hybridized carbons (Fsp3) is 0.462. The average Bonchev–Trinajstić information content (AvgIpc) is 2.36. The molecule has 0 fully saturated rings. The van der Waals surface area contributed by atoms with Crippen LogP contribution in [0, 0.1) is 0 Å². The number of benzene rings is 1. The van der Waals surface area contributed by atoms with E-state index in [1.54, 1.807) is 26.2 Å². The number of methoxy groups -OCH3 is 1. The van der Waals surface area contributed by atoms with Crippen molar-refractivity contribution in [1.29, 1.82) is 0 Å². The van der Waals surface area contributed by atoms with Gasteiger partial charge in [0, 0.05) is 24.2 Å². The van der Waals surface area contributed by atoms with Gasteiger partial charge in [0.25, 0.3) is 0 Å². The third-order valence-electron chi connectivity index (χ3n) is 2.70. The van der Waals surface area contributed by atoms with Crippen LogP contribution in [0.5, 0.6) is 5.75 Å². The topological polar surface area (TPSA) is 91.3 Å². The van der Waals surface area contributed by atoms with E-state index < -0.39 is 6.10 Å². The highest BCUT2D eigenvalue weighted by atomic mass is 16.5. The molecular formula is C13H21N3O3. The molecule has 1 aromatic rings. The second kappa shape index (κ2) is 6.96. The second-order valence-corrected chi connectivity index (χ2v) is 4.56. The summed E-state index contributed by atoms with van der Waals surface area (Å²) in [7, 11) is 3.50. The SMILES string of the molecule is COc1ccc(/C(N)=N/O)cc1CN(C)CC(C)O. The van der Waals surface area contributed by atoms with E-state index in [1.165, 1.54) is 0 Å². The van der Waals surface area contributed by atoms with Crippen LogP contribution < -0.4 is 10.5 Å². The Morgan fingerprint density at radius 2 is 2.21 bits per heavy atom. The molecular weight excluding hydrogens is 246 g/mol. The molecule has 0 aromatic heterocycles. The Kier molecular flexibility index (Phi) is 5.59. The smallest absolute Gasteiger partial charge is 0.170 e. The van der Waals surface area contributed by atoms with Gasteiger partial charge in [-0.05, 0) is 32.2 Å². The number of amidine groups is 1. The van der Waals surface area contributed by atoms with E-state index in [4.69, 9.17) is 15.7 Å². The van der Waals surface area contributed by atoms with Gasteiger partial charge in [0.1, 0.15) is 5.75 Å². The fourth-order valence-corrected chi connectivity index (χ4v) is 1.93. The van der Waals surface area contributed by atoms with Crippen molar-refractivity contribution in [3.05, 3.63) is 29.3 Å². The molecule has 0 saturated carbocycles. The molecule has 106 valence electrons. The molecule has 19 heavy (non-hydrogen) atoms. The van der Waals surface area contributed by atoms with Crippen molar-refractivity contribution in [3.63, 3.8) is 0 Å². The summed E-state index contributed by atoms with van der Waals surface area (Å²) in [6.45, 7) is 2.89. The molecule has 4 N–H and O–H groups in total. The second-order valence-electron chi connectivity index (χ2n) is 4.56. The van der Waals surface area contributed by atoms with Crippen molar-refractivity contribution in [2.75, 3.05) is 20.7 Å². The lowest BCUT2D eigenvalue weighted by molar-refractivity contribution is 0.138. The van der Waals surface area contributed by atoms with Crippen molar-refractivity contribution < 1.29 is 15.1 Å². The van der Waals surface area contributed by atoms with E-state index in [0.29, 0.717) is 18.7 Å². The Morgan fingerprint density at radius 3 is 2.74 bits per heavy atom. The maximum absolute atomic E-state index is 9.36. The van der Waals surface area contributed by atoms with Crippen LogP contribution in [0.15, 0.2) is 23.4 Å². The zero-order chi connectivity index (χ0) is 14.4. The molecule has 0 amide bonds. The summed E-state index contributed by atoms with van der Waals surface area (Å²) in [6.07, 6.45) is -0.400. The summed E-state index contributed by atoms with van der Waals surface area (Å²) in [4.78, 5) is 1.97. The van der Waals surface area contributed by atoms with Gasteiger partial charge in [0.2, 0.25) is 0 Å². The predicted molar refractivity (Wildman–Crippen MR) is 73.5 cm³/mol. The number of aliphatic hydroxyl groups is 1. The van der Waals surface area contributed by atoms with Crippen molar-refractivity contribution in [1.82, 2.24) is 4.90 Å². The van der Waals surface area contributed by atoms with E-state index in [-0.39, 0.29) is 5.84 Å². The number of hydrogen-bond acceptors (Lipinski definition) is 5. The number of oxime groups is 1. The van der Waals surface area contributed by atoms with E-state index in [1.807, 2.05) is 18.0 Å². The zero-order valence-corrected chi connectivity index (χ0v) is 11.5. The standard InChI is InChI=1S/C13H21N3O3/c1-9(17)7-16(2)8-11-6-10(13(14)15-18)4-5-12(11)19-3/h4-6,9,17-18H,7-8H2,1-3H3,(H2,14,15). The zero-order valence-electron chi connectivity index (χ0n) is 11.5. The van der Waals surface area contributed by atoms with Gasteiger partial charge >= 0.3 is 0 Å². The predicted octanol–water partition coefficient (Wildman–Crippen LogP) is 0.602. The molecule has 0 radical (unpaired) electrons. The highest BCUT2D eigenvalue weighted by Crippen LogP contribution is 2.21. The molecule has 0 spiro atoms. The van der Waals surface area contributed by atoms with E-state index in [0.717, 1.165) is 11.3 Å². The van der Waals surface area contributed by atoms with Crippen LogP contribution in [0.2, 0.25) is 0 Å². The highest BCUT2D eigenvalue weighted by molar-refractivity contribution is 5.97. The first-order chi connectivity index (χ1) is 8.97. The number of ether oxygens (including phenoxy) is 1. The molecule has 0 aliphatic rings. The molecule has 1 unspecified atom stereocenters. The Labute approximate surface area is 113 Å². The van der Waals surface area contributed by atoms with Crippen LogP contribution in [-0.4, -0.2) is 47.9 Å². The molecule has 6 heteroatoms. The van der Waals surface area contributed by atoms with Gasteiger partial charge in [0.05, 0.1) is 13.2 Å². The Balaban J connectivity index is 2.96. The van der Waals surface area contributed by atoms with Crippen LogP contribution in [0.1, 0.15) is 18.1 Å². The number of likely N-dealkylation sites (N-methyl/N-ethyl adjacent to an activating group) is 1. The fourth-order valence-electron chi connectivity index (χ4n) is 1.93. The average molecular weight is 267 g/mol. The normalized spacial score (nSPS) is 13.6. The van der Waals surface area contributed by atoms with Crippen LogP contribution in [0.4, 0.5) is 0 Å². The lowest BCUT2D eigenvalue weighted by Crippen LogP contribution is -2.27. The van der Waals surface area contributed by atoms with Gasteiger partial charge in [-0.2, -0.15) is 0 Å². The third kappa shape index (κ3) is 4.42. The lowest BCUT2D eigenvalue weighted by Gasteiger charge is -2.20. The minimum atomic E-state index is -0.400. The summed E-state index contributed by atoms with van der Waals surface area (Å²) < 4.78 is 5.29. The Morgan fingerprint density at radius 1 is 1.53 bits per heavy atom. The van der Waals surface area contributed by atoms with Crippen LogP contribution in [0.25, 0.3) is 0 Å². The summed E-state index contributed by atoms with van der Waals surface area (Å²) in [5.74, 6) is 0.786. The summed E-state index contributed by atoms with van der Waals surface area (Å²) in [5.41, 5.74) is 7.11. The van der Waals surface area contributed by atoms with E-state index in [9.17, 15) is 5.11 Å². The first kappa shape index (κ1) is 15.3. The largest absolute Gasteiger partial charge is 0.496 e. The Hall–Kier alpha value is -1.79. The van der Waals surface area contributed by atoms with Gasteiger partial charge in [-0.15, -0.1) is 0 Å². The van der Waals surface area contributed by atoms with Crippen molar-refractivity contribution in [2.45, 2.75) is 19.6 Å². The number of nitrogens with two attached hydrogens (primary N) is 1. The molecule has 0 aliphatic carbocycles. The highest BCUT2D eigenvalue weighted by Gasteiger charge is 2.10. The summed E-state index contributed by atoms with van der Waals surface area (Å²) in [5, 5.41) is 21.0. The number of aliphatic hydroxyl groups excluding tert-OH is 1. The van der Waals surface area contributed by atoms with E-state index in [2.05, 4.69) is 5.16 Å². The number of hydrogen-bond donors (Lipinski definition) is 3. The number of nitrogens with zero attached hydrogens (tertiary/aromatic N) is 2. The first-order valence-corrected chi connectivity index (χ1v) is 5.99. The van der Waals surface area contributed by atoms with Gasteiger partial charge in [-0.3, -0.25) is 4.90 Å². The van der Waals surface area contributed by atoms with Crippen molar-refractivity contribution in [3.8, 4) is 5.75 Å². The molecule has 6 nitrogen and oxygen atoms in total. The minimum absolute atomic E-state index is 0.0575. The molecule has 0 bridgehead atoms. The summed E-state index contributed by atoms with van der Waals surface area (Å²) in [6, 6.07) is 5.32. The van der Waals surface area contributed by atoms with Gasteiger partial charge < -0.3 is 20.8 Å². The van der Waals surface area contributed by atoms with Gasteiger partial charge in [-0.25, -0.2) is 0 Å². The first-order valence-electron chi connectivity index (χ1n) is 5.99. The van der Waals surface area contributed by atoms with Crippen LogP contribution in [0.3, 0.4) is 0 Å². The quantitative estimate of drug-likeness (QED) is 0.304. The third-order valence-corrected chi connectivity index (χ3v) is 2.70. The number of rotatable bonds is 6. The van der Waals surface area contributed by atoms with Gasteiger partial charge in [0.15, 0.2) is 5.84 Å². The summed E-state index contributed by atoms with van der Waals surface area (Å²) >= 11 is 0. The van der Waals surface area contributed by atoms with Gasteiger partial charge in [-0.1, -0.05) is 5.16 Å². The maximum atomic E-state index is 9.36. The monoisotopic (exact) mass is 267 g/mol. The minimum Gasteiger partial charge on any atom is -0.496 e. The maximum Gasteiger partial charge on any atom is 0.170 e. The molecule has 0 saturated heterocycles. The van der Waals surface area contributed by atoms with Crippen molar-refractivity contribution in [2.24, 2.45) is 10.9 Å². The molecule has 0 heterocycles. The Bertz CT molecular complexity index is 447. The van der Waals surface area contributed by atoms with Crippen LogP contribution >= 0.6 is 0 Å². The molecule has 0 aliphatic heterocycles. The van der Waals surface area contributed by atoms with E-state index >= 15 is 0 Å². The van der Waals surface area contributed by atoms with Crippen LogP contribution in [-0.2, 0) is 6.54 Å². The molecule has 1 aromatic carbocycles.